The molecule has 1 saturated heterocycles. The summed E-state index contributed by atoms with van der Waals surface area (Å²) in [4.78, 5) is 3.99. The molecule has 2 heterocycles. The third kappa shape index (κ3) is 4.37. The Morgan fingerprint density at radius 2 is 1.93 bits per heavy atom. The fourth-order valence-corrected chi connectivity index (χ4v) is 5.26. The predicted molar refractivity (Wildman–Crippen MR) is 108 cm³/mol. The van der Waals surface area contributed by atoms with Crippen LogP contribution in [0.15, 0.2) is 36.5 Å². The summed E-state index contributed by atoms with van der Waals surface area (Å²) in [5.41, 5.74) is -0.219. The van der Waals surface area contributed by atoms with Gasteiger partial charge in [0.1, 0.15) is 17.6 Å². The maximum absolute atomic E-state index is 14.0. The quantitative estimate of drug-likeness (QED) is 0.307. The second-order valence-corrected chi connectivity index (χ2v) is 11.0. The van der Waals surface area contributed by atoms with Gasteiger partial charge in [0.2, 0.25) is 3.79 Å². The Morgan fingerprint density at radius 3 is 2.46 bits per heavy atom. The number of hydrogen-bond acceptors (Lipinski definition) is 4. The van der Waals surface area contributed by atoms with Crippen molar-refractivity contribution in [3.05, 3.63) is 63.6 Å². The highest BCUT2D eigenvalue weighted by atomic mass is 35.6. The molecule has 3 atom stereocenters. The molecule has 0 radical (unpaired) electrons. The van der Waals surface area contributed by atoms with Crippen molar-refractivity contribution in [1.29, 1.82) is 0 Å². The smallest absolute Gasteiger partial charge is 0.253 e. The molecule has 1 aliphatic heterocycles. The van der Waals surface area contributed by atoms with Gasteiger partial charge in [-0.15, -0.1) is 0 Å². The summed E-state index contributed by atoms with van der Waals surface area (Å²) in [6.07, 6.45) is 1.44. The highest BCUT2D eigenvalue weighted by Gasteiger charge is 2.67. The van der Waals surface area contributed by atoms with Gasteiger partial charge in [-0.05, 0) is 36.2 Å². The van der Waals surface area contributed by atoms with Crippen molar-refractivity contribution in [2.45, 2.75) is 22.3 Å². The number of pyridine rings is 1. The van der Waals surface area contributed by atoms with Gasteiger partial charge >= 0.3 is 10.3 Å². The van der Waals surface area contributed by atoms with Crippen LogP contribution in [0.4, 0.5) is 4.39 Å². The van der Waals surface area contributed by atoms with E-state index in [1.165, 1.54) is 30.5 Å². The van der Waals surface area contributed by atoms with Gasteiger partial charge in [-0.1, -0.05) is 70.1 Å². The Bertz CT molecular complexity index is 1000. The first-order chi connectivity index (χ1) is 12.9. The molecule has 0 N–H and O–H groups in total. The zero-order valence-electron chi connectivity index (χ0n) is 14.0. The largest absolute Gasteiger partial charge is 0.340 e. The Balaban J connectivity index is 2.04. The van der Waals surface area contributed by atoms with Crippen molar-refractivity contribution in [2.24, 2.45) is 0 Å². The van der Waals surface area contributed by atoms with E-state index in [-0.39, 0.29) is 10.2 Å². The topological polar surface area (TPSA) is 59.3 Å². The Morgan fingerprint density at radius 1 is 1.25 bits per heavy atom. The molecule has 3 unspecified atom stereocenters. The van der Waals surface area contributed by atoms with Crippen LogP contribution < -0.4 is 0 Å². The number of benzene rings is 1. The summed E-state index contributed by atoms with van der Waals surface area (Å²) in [6, 6.07) is 6.40. The highest BCUT2D eigenvalue weighted by Crippen LogP contribution is 2.62. The van der Waals surface area contributed by atoms with Crippen molar-refractivity contribution in [1.82, 2.24) is 9.29 Å². The van der Waals surface area contributed by atoms with Crippen LogP contribution in [0, 0.1) is 5.82 Å². The number of aromatic nitrogens is 1. The van der Waals surface area contributed by atoms with Crippen LogP contribution in [0.1, 0.15) is 24.1 Å². The molecule has 5 nitrogen and oxygen atoms in total. The molecule has 2 aromatic rings. The van der Waals surface area contributed by atoms with Crippen LogP contribution in [-0.4, -0.2) is 28.1 Å². The normalized spacial score (nSPS) is 25.0. The van der Waals surface area contributed by atoms with E-state index in [0.29, 0.717) is 11.1 Å². The summed E-state index contributed by atoms with van der Waals surface area (Å²) in [6.45, 7) is 0.957. The molecule has 0 bridgehead atoms. The maximum Gasteiger partial charge on any atom is 0.340 e. The van der Waals surface area contributed by atoms with Gasteiger partial charge in [0.25, 0.3) is 0 Å². The van der Waals surface area contributed by atoms with Crippen LogP contribution in [0.5, 0.6) is 0 Å². The average molecular weight is 509 g/mol. The van der Waals surface area contributed by atoms with Gasteiger partial charge in [0, 0.05) is 6.20 Å². The van der Waals surface area contributed by atoms with Crippen molar-refractivity contribution in [3.8, 4) is 0 Å². The molecule has 0 aliphatic carbocycles. The first kappa shape index (κ1) is 22.3. The molecule has 1 aromatic carbocycles. The summed E-state index contributed by atoms with van der Waals surface area (Å²) in [7, 11) is -4.34. The van der Waals surface area contributed by atoms with Crippen LogP contribution in [0.2, 0.25) is 10.2 Å². The second kappa shape index (κ2) is 7.71. The lowest BCUT2D eigenvalue weighted by atomic mass is 9.95. The molecular weight excluding hydrogens is 497 g/mol. The van der Waals surface area contributed by atoms with E-state index in [2.05, 4.69) is 4.98 Å². The zero-order chi connectivity index (χ0) is 20.9. The molecule has 1 fully saturated rings. The van der Waals surface area contributed by atoms with Gasteiger partial charge in [-0.25, -0.2) is 9.37 Å². The number of halogens is 6. The molecule has 3 rings (SSSR count). The standard InChI is InChI=1S/C16H12Cl5FN2O3S/c1-15(10-3-5-13(18)23-7-10)14(9-2-4-11(17)12(22)6-9)24(15)28(25,26)27-8-16(19,20)21/h2-7,14H,8H2,1H3. The number of hydrogen-bond donors (Lipinski definition) is 0. The molecule has 0 saturated carbocycles. The van der Waals surface area contributed by atoms with Crippen molar-refractivity contribution < 1.29 is 17.0 Å². The minimum absolute atomic E-state index is 0.0823. The Hall–Kier alpha value is -0.380. The van der Waals surface area contributed by atoms with E-state index in [0.717, 1.165) is 4.31 Å². The van der Waals surface area contributed by atoms with Crippen molar-refractivity contribution >= 4 is 68.3 Å². The molecule has 1 aliphatic rings. The van der Waals surface area contributed by atoms with Gasteiger partial charge in [-0.2, -0.15) is 12.7 Å². The third-order valence-electron chi connectivity index (χ3n) is 4.34. The fourth-order valence-electron chi connectivity index (χ4n) is 3.02. The molecule has 0 amide bonds. The molecule has 0 spiro atoms. The van der Waals surface area contributed by atoms with Gasteiger partial charge < -0.3 is 0 Å². The van der Waals surface area contributed by atoms with Crippen LogP contribution in [0.3, 0.4) is 0 Å². The molecule has 152 valence electrons. The van der Waals surface area contributed by atoms with E-state index in [1.54, 1.807) is 13.0 Å². The van der Waals surface area contributed by atoms with Gasteiger partial charge in [-0.3, -0.25) is 4.18 Å². The summed E-state index contributed by atoms with van der Waals surface area (Å²) < 4.78 is 43.6. The lowest BCUT2D eigenvalue weighted by Gasteiger charge is -2.15. The molecule has 1 aromatic heterocycles. The zero-order valence-corrected chi connectivity index (χ0v) is 18.6. The van der Waals surface area contributed by atoms with E-state index >= 15 is 0 Å². The average Bonchev–Trinajstić information content (AvgIpc) is 3.24. The van der Waals surface area contributed by atoms with Crippen molar-refractivity contribution in [3.63, 3.8) is 0 Å². The minimum Gasteiger partial charge on any atom is -0.253 e. The SMILES string of the molecule is CC1(c2ccc(Cl)nc2)C(c2ccc(Cl)c(F)c2)N1S(=O)(=O)OCC(Cl)(Cl)Cl. The number of nitrogens with zero attached hydrogens (tertiary/aromatic N) is 2. The minimum atomic E-state index is -4.34. The lowest BCUT2D eigenvalue weighted by Crippen LogP contribution is -2.26. The Kier molecular flexibility index (Phi) is 6.14. The third-order valence-corrected chi connectivity index (χ3v) is 6.69. The van der Waals surface area contributed by atoms with Gasteiger partial charge in [0.15, 0.2) is 0 Å². The molecule has 28 heavy (non-hydrogen) atoms. The van der Waals surface area contributed by atoms with Gasteiger partial charge in [0.05, 0.1) is 16.6 Å². The predicted octanol–water partition coefficient (Wildman–Crippen LogP) is 5.43. The number of rotatable bonds is 5. The van der Waals surface area contributed by atoms with E-state index in [1.807, 2.05) is 0 Å². The second-order valence-electron chi connectivity index (χ2n) is 6.22. The summed E-state index contributed by atoms with van der Waals surface area (Å²) in [5.74, 6) is -0.679. The van der Waals surface area contributed by atoms with Crippen LogP contribution >= 0.6 is 58.0 Å². The van der Waals surface area contributed by atoms with E-state index in [4.69, 9.17) is 62.2 Å². The maximum atomic E-state index is 14.0. The molecule has 12 heteroatoms. The Labute approximate surface area is 186 Å². The first-order valence-electron chi connectivity index (χ1n) is 7.69. The van der Waals surface area contributed by atoms with E-state index < -0.39 is 38.1 Å². The van der Waals surface area contributed by atoms with Crippen LogP contribution in [0.25, 0.3) is 0 Å². The monoisotopic (exact) mass is 506 g/mol. The highest BCUT2D eigenvalue weighted by molar-refractivity contribution is 7.84. The van der Waals surface area contributed by atoms with Crippen LogP contribution in [-0.2, 0) is 20.0 Å². The lowest BCUT2D eigenvalue weighted by molar-refractivity contribution is 0.298. The summed E-state index contributed by atoms with van der Waals surface area (Å²) in [5, 5.41) is 0.157. The van der Waals surface area contributed by atoms with E-state index in [9.17, 15) is 12.8 Å². The first-order valence-corrected chi connectivity index (χ1v) is 10.9. The summed E-state index contributed by atoms with van der Waals surface area (Å²) >= 11 is 28.3. The molecular formula is C16H12Cl5FN2O3S. The van der Waals surface area contributed by atoms with Crippen molar-refractivity contribution in [2.75, 3.05) is 6.61 Å². The number of alkyl halides is 3. The fraction of sp³-hybridized carbons (Fsp3) is 0.312.